The molecular weight excluding hydrogens is 400 g/mol. The predicted molar refractivity (Wildman–Crippen MR) is 118 cm³/mol. The monoisotopic (exact) mass is 418 g/mol. The maximum absolute atomic E-state index is 12.6. The van der Waals surface area contributed by atoms with Gasteiger partial charge in [0.1, 0.15) is 24.7 Å². The van der Waals surface area contributed by atoms with Crippen LogP contribution in [0.4, 0.5) is 0 Å². The molecule has 0 bridgehead atoms. The third kappa shape index (κ3) is 5.87. The number of para-hydroxylation sites is 2. The van der Waals surface area contributed by atoms with Crippen LogP contribution in [0.5, 0.6) is 11.5 Å². The molecule has 0 fully saturated rings. The highest BCUT2D eigenvalue weighted by molar-refractivity contribution is 6.30. The number of hydrogen-bond donors (Lipinski definition) is 1. The molecule has 0 aliphatic heterocycles. The van der Waals surface area contributed by atoms with E-state index in [1.807, 2.05) is 30.3 Å². The summed E-state index contributed by atoms with van der Waals surface area (Å²) in [6, 6.07) is 21.5. The van der Waals surface area contributed by atoms with Gasteiger partial charge in [-0.15, -0.1) is 6.42 Å². The molecule has 5 nitrogen and oxygen atoms in total. The zero-order valence-corrected chi connectivity index (χ0v) is 16.8. The zero-order chi connectivity index (χ0) is 21.2. The Bertz CT molecular complexity index is 1070. The molecule has 1 N–H and O–H groups in total. The summed E-state index contributed by atoms with van der Waals surface area (Å²) in [6.07, 6.45) is 6.73. The average Bonchev–Trinajstić information content (AvgIpc) is 2.78. The third-order valence-electron chi connectivity index (χ3n) is 4.04. The molecule has 3 rings (SSSR count). The number of hydrazone groups is 1. The summed E-state index contributed by atoms with van der Waals surface area (Å²) in [5.41, 5.74) is 4.53. The van der Waals surface area contributed by atoms with Crippen molar-refractivity contribution in [2.45, 2.75) is 6.61 Å². The fourth-order valence-electron chi connectivity index (χ4n) is 2.58. The lowest BCUT2D eigenvalue weighted by Gasteiger charge is -2.10. The lowest BCUT2D eigenvalue weighted by molar-refractivity contribution is 0.0950. The van der Waals surface area contributed by atoms with E-state index in [0.717, 1.165) is 5.56 Å². The first kappa shape index (κ1) is 21.0. The summed E-state index contributed by atoms with van der Waals surface area (Å²) in [4.78, 5) is 12.6. The van der Waals surface area contributed by atoms with E-state index in [1.165, 1.54) is 6.21 Å². The van der Waals surface area contributed by atoms with Crippen LogP contribution >= 0.6 is 11.6 Å². The van der Waals surface area contributed by atoms with Gasteiger partial charge in [0, 0.05) is 10.6 Å². The molecule has 0 atom stereocenters. The molecule has 3 aromatic rings. The second kappa shape index (κ2) is 10.7. The Morgan fingerprint density at radius 3 is 2.47 bits per heavy atom. The van der Waals surface area contributed by atoms with Gasteiger partial charge in [-0.1, -0.05) is 53.9 Å². The number of amides is 1. The summed E-state index contributed by atoms with van der Waals surface area (Å²) in [5.74, 6) is 3.07. The van der Waals surface area contributed by atoms with Gasteiger partial charge in [-0.3, -0.25) is 4.79 Å². The summed E-state index contributed by atoms with van der Waals surface area (Å²) >= 11 is 5.90. The smallest absolute Gasteiger partial charge is 0.275 e. The van der Waals surface area contributed by atoms with E-state index in [2.05, 4.69) is 16.4 Å². The van der Waals surface area contributed by atoms with Gasteiger partial charge >= 0.3 is 0 Å². The maximum atomic E-state index is 12.6. The summed E-state index contributed by atoms with van der Waals surface area (Å²) in [5, 5.41) is 4.68. The number of carbonyl (C=O) groups excluding carboxylic acids is 1. The van der Waals surface area contributed by atoms with E-state index >= 15 is 0 Å². The minimum absolute atomic E-state index is 0.148. The van der Waals surface area contributed by atoms with Crippen LogP contribution in [0.3, 0.4) is 0 Å². The molecule has 0 aliphatic rings. The first-order valence-electron chi connectivity index (χ1n) is 9.12. The molecule has 0 aromatic heterocycles. The molecule has 30 heavy (non-hydrogen) atoms. The molecule has 6 heteroatoms. The number of nitrogens with one attached hydrogen (secondary N) is 1. The molecule has 0 heterocycles. The average molecular weight is 419 g/mol. The van der Waals surface area contributed by atoms with E-state index in [9.17, 15) is 4.79 Å². The first-order chi connectivity index (χ1) is 14.7. The largest absolute Gasteiger partial charge is 0.488 e. The number of benzene rings is 3. The molecule has 0 aliphatic carbocycles. The minimum atomic E-state index is -0.389. The van der Waals surface area contributed by atoms with Crippen molar-refractivity contribution in [3.63, 3.8) is 0 Å². The van der Waals surface area contributed by atoms with E-state index < -0.39 is 0 Å². The molecule has 0 radical (unpaired) electrons. The van der Waals surface area contributed by atoms with Crippen molar-refractivity contribution < 1.29 is 14.3 Å². The predicted octanol–water partition coefficient (Wildman–Crippen LogP) is 4.69. The molecular formula is C24H19ClN2O3. The van der Waals surface area contributed by atoms with Crippen LogP contribution in [0.15, 0.2) is 77.9 Å². The molecule has 0 saturated carbocycles. The van der Waals surface area contributed by atoms with Crippen LogP contribution in [0.1, 0.15) is 21.5 Å². The van der Waals surface area contributed by atoms with Crippen LogP contribution in [0, 0.1) is 12.3 Å². The molecule has 0 unspecified atom stereocenters. The molecule has 1 amide bonds. The summed E-state index contributed by atoms with van der Waals surface area (Å²) < 4.78 is 11.3. The Hall–Kier alpha value is -3.75. The number of hydrogen-bond acceptors (Lipinski definition) is 4. The van der Waals surface area contributed by atoms with Crippen molar-refractivity contribution in [3.05, 3.63) is 94.5 Å². The summed E-state index contributed by atoms with van der Waals surface area (Å²) in [6.45, 7) is 0.459. The number of rotatable bonds is 8. The highest BCUT2D eigenvalue weighted by Crippen LogP contribution is 2.20. The van der Waals surface area contributed by atoms with Gasteiger partial charge < -0.3 is 9.47 Å². The van der Waals surface area contributed by atoms with Crippen LogP contribution in [-0.2, 0) is 6.61 Å². The Labute approximate surface area is 180 Å². The number of terminal acetylenes is 1. The van der Waals surface area contributed by atoms with Crippen LogP contribution in [0.25, 0.3) is 0 Å². The van der Waals surface area contributed by atoms with Crippen molar-refractivity contribution in [2.75, 3.05) is 6.61 Å². The molecule has 0 saturated heterocycles. The van der Waals surface area contributed by atoms with Gasteiger partial charge in [0.25, 0.3) is 5.91 Å². The Morgan fingerprint density at radius 2 is 1.70 bits per heavy atom. The fraction of sp³-hybridized carbons (Fsp3) is 0.0833. The zero-order valence-electron chi connectivity index (χ0n) is 16.0. The molecule has 150 valence electrons. The maximum Gasteiger partial charge on any atom is 0.275 e. The lowest BCUT2D eigenvalue weighted by Crippen LogP contribution is -2.18. The van der Waals surface area contributed by atoms with E-state index in [-0.39, 0.29) is 12.5 Å². The van der Waals surface area contributed by atoms with Gasteiger partial charge in [0.05, 0.1) is 11.8 Å². The standard InChI is InChI=1S/C24H19ClN2O3/c1-2-15-29-22-9-5-3-7-19(22)16-26-27-24(28)21-8-4-6-10-23(21)30-17-18-11-13-20(25)14-12-18/h1,3-14,16H,15,17H2,(H,27,28)/b26-16+. The number of ether oxygens (including phenoxy) is 2. The van der Waals surface area contributed by atoms with Crippen LogP contribution in [-0.4, -0.2) is 18.7 Å². The fourth-order valence-corrected chi connectivity index (χ4v) is 2.71. The second-order valence-corrected chi connectivity index (χ2v) is 6.58. The minimum Gasteiger partial charge on any atom is -0.488 e. The lowest BCUT2D eigenvalue weighted by atomic mass is 10.2. The quantitative estimate of drug-likeness (QED) is 0.328. The number of halogens is 1. The van der Waals surface area contributed by atoms with Gasteiger partial charge in [-0.2, -0.15) is 5.10 Å². The highest BCUT2D eigenvalue weighted by Gasteiger charge is 2.11. The van der Waals surface area contributed by atoms with Crippen molar-refractivity contribution in [3.8, 4) is 23.8 Å². The van der Waals surface area contributed by atoms with E-state index in [1.54, 1.807) is 42.5 Å². The SMILES string of the molecule is C#CCOc1ccccc1/C=N/NC(=O)c1ccccc1OCc1ccc(Cl)cc1. The summed E-state index contributed by atoms with van der Waals surface area (Å²) in [7, 11) is 0. The van der Waals surface area contributed by atoms with Crippen molar-refractivity contribution in [1.29, 1.82) is 0 Å². The van der Waals surface area contributed by atoms with Crippen LogP contribution < -0.4 is 14.9 Å². The number of nitrogens with zero attached hydrogens (tertiary/aromatic N) is 1. The van der Waals surface area contributed by atoms with Gasteiger partial charge in [-0.05, 0) is 42.0 Å². The van der Waals surface area contributed by atoms with Crippen LogP contribution in [0.2, 0.25) is 5.02 Å². The Morgan fingerprint density at radius 1 is 1.00 bits per heavy atom. The second-order valence-electron chi connectivity index (χ2n) is 6.14. The molecule has 0 spiro atoms. The van der Waals surface area contributed by atoms with E-state index in [4.69, 9.17) is 27.5 Å². The van der Waals surface area contributed by atoms with E-state index in [0.29, 0.717) is 34.3 Å². The Balaban J connectivity index is 1.65. The van der Waals surface area contributed by atoms with Crippen molar-refractivity contribution in [2.24, 2.45) is 5.10 Å². The van der Waals surface area contributed by atoms with Crippen molar-refractivity contribution >= 4 is 23.7 Å². The van der Waals surface area contributed by atoms with Crippen molar-refractivity contribution in [1.82, 2.24) is 5.43 Å². The molecule has 3 aromatic carbocycles. The Kier molecular flexibility index (Phi) is 7.48. The third-order valence-corrected chi connectivity index (χ3v) is 4.29. The number of carbonyl (C=O) groups is 1. The highest BCUT2D eigenvalue weighted by atomic mass is 35.5. The topological polar surface area (TPSA) is 59.9 Å². The normalized spacial score (nSPS) is 10.4. The van der Waals surface area contributed by atoms with Gasteiger partial charge in [-0.25, -0.2) is 5.43 Å². The van der Waals surface area contributed by atoms with Gasteiger partial charge in [0.2, 0.25) is 0 Å². The first-order valence-corrected chi connectivity index (χ1v) is 9.50. The van der Waals surface area contributed by atoms with Gasteiger partial charge in [0.15, 0.2) is 0 Å².